The number of anilines is 1. The van der Waals surface area contributed by atoms with Crippen molar-refractivity contribution < 1.29 is 18.6 Å². The van der Waals surface area contributed by atoms with Gasteiger partial charge in [-0.3, -0.25) is 0 Å². The van der Waals surface area contributed by atoms with E-state index < -0.39 is 16.1 Å². The van der Waals surface area contributed by atoms with Crippen LogP contribution in [-0.4, -0.2) is 31.3 Å². The number of rotatable bonds is 5. The Morgan fingerprint density at radius 1 is 1.39 bits per heavy atom. The molecule has 0 aliphatic heterocycles. The molecule has 0 saturated heterocycles. The zero-order chi connectivity index (χ0) is 13.9. The molecule has 0 saturated carbocycles. The lowest BCUT2D eigenvalue weighted by molar-refractivity contribution is 0.216. The molecule has 0 aliphatic carbocycles. The number of nitrogens with one attached hydrogen (secondary N) is 1. The van der Waals surface area contributed by atoms with Crippen molar-refractivity contribution in [3.05, 3.63) is 18.2 Å². The van der Waals surface area contributed by atoms with Gasteiger partial charge in [-0.2, -0.15) is 0 Å². The molecule has 0 aliphatic rings. The lowest BCUT2D eigenvalue weighted by Gasteiger charge is -2.19. The molecule has 1 aromatic rings. The van der Waals surface area contributed by atoms with Crippen molar-refractivity contribution >= 4 is 15.7 Å². The van der Waals surface area contributed by atoms with Gasteiger partial charge in [-0.25, -0.2) is 13.1 Å². The molecule has 0 radical (unpaired) electrons. The van der Waals surface area contributed by atoms with Crippen LogP contribution in [0.1, 0.15) is 13.8 Å². The Kier molecular flexibility index (Phi) is 4.55. The van der Waals surface area contributed by atoms with Crippen LogP contribution in [0.3, 0.4) is 0 Å². The molecule has 0 bridgehead atoms. The van der Waals surface area contributed by atoms with E-state index in [1.807, 2.05) is 0 Å². The van der Waals surface area contributed by atoms with E-state index in [2.05, 4.69) is 4.72 Å². The van der Waals surface area contributed by atoms with E-state index in [4.69, 9.17) is 10.8 Å². The Bertz CT molecular complexity index is 516. The molecule has 0 heterocycles. The summed E-state index contributed by atoms with van der Waals surface area (Å²) in [5, 5.41) is 18.2. The molecule has 5 N–H and O–H groups in total. The molecule has 6 nitrogen and oxygen atoms in total. The number of sulfonamides is 1. The van der Waals surface area contributed by atoms with Crippen molar-refractivity contribution in [2.24, 2.45) is 5.92 Å². The molecule has 0 fully saturated rings. The molecule has 1 rings (SSSR count). The maximum atomic E-state index is 12.0. The van der Waals surface area contributed by atoms with Crippen LogP contribution < -0.4 is 10.5 Å². The Morgan fingerprint density at radius 2 is 2.00 bits per heavy atom. The average molecular weight is 274 g/mol. The van der Waals surface area contributed by atoms with Gasteiger partial charge in [0.05, 0.1) is 10.6 Å². The highest BCUT2D eigenvalue weighted by atomic mass is 32.2. The second-order valence-electron chi connectivity index (χ2n) is 4.29. The predicted octanol–water partition coefficient (Wildman–Crippen LogP) is 0.270. The molecule has 102 valence electrons. The van der Waals surface area contributed by atoms with Crippen LogP contribution in [0.2, 0.25) is 0 Å². The van der Waals surface area contributed by atoms with Gasteiger partial charge in [-0.1, -0.05) is 6.92 Å². The Labute approximate surface area is 106 Å². The van der Waals surface area contributed by atoms with Gasteiger partial charge < -0.3 is 15.9 Å². The quantitative estimate of drug-likeness (QED) is 0.455. The van der Waals surface area contributed by atoms with E-state index >= 15 is 0 Å². The number of phenols is 1. The number of phenolic OH excluding ortho intramolecular Hbond substituents is 1. The summed E-state index contributed by atoms with van der Waals surface area (Å²) in [6.45, 7) is 3.29. The summed E-state index contributed by atoms with van der Waals surface area (Å²) < 4.78 is 26.4. The van der Waals surface area contributed by atoms with Crippen molar-refractivity contribution in [2.45, 2.75) is 24.8 Å². The summed E-state index contributed by atoms with van der Waals surface area (Å²) in [5.74, 6) is -0.361. The van der Waals surface area contributed by atoms with Crippen LogP contribution in [0, 0.1) is 5.92 Å². The highest BCUT2D eigenvalue weighted by Gasteiger charge is 2.21. The van der Waals surface area contributed by atoms with Crippen molar-refractivity contribution in [1.82, 2.24) is 4.72 Å². The van der Waals surface area contributed by atoms with E-state index in [-0.39, 0.29) is 28.9 Å². The normalized spacial score (nSPS) is 15.3. The zero-order valence-corrected chi connectivity index (χ0v) is 11.1. The van der Waals surface area contributed by atoms with Crippen LogP contribution in [-0.2, 0) is 10.0 Å². The Hall–Kier alpha value is -1.31. The average Bonchev–Trinajstić information content (AvgIpc) is 2.30. The minimum atomic E-state index is -3.71. The predicted molar refractivity (Wildman–Crippen MR) is 68.6 cm³/mol. The van der Waals surface area contributed by atoms with E-state index in [0.29, 0.717) is 0 Å². The maximum Gasteiger partial charge on any atom is 0.240 e. The second-order valence-corrected chi connectivity index (χ2v) is 6.00. The van der Waals surface area contributed by atoms with E-state index in [9.17, 15) is 13.5 Å². The van der Waals surface area contributed by atoms with Gasteiger partial charge in [0.2, 0.25) is 10.0 Å². The molecule has 18 heavy (non-hydrogen) atoms. The number of nitrogen functional groups attached to an aromatic ring is 1. The topological polar surface area (TPSA) is 113 Å². The van der Waals surface area contributed by atoms with Crippen molar-refractivity contribution in [3.8, 4) is 5.75 Å². The number of nitrogens with two attached hydrogens (primary N) is 1. The van der Waals surface area contributed by atoms with E-state index in [0.717, 1.165) is 0 Å². The highest BCUT2D eigenvalue weighted by Crippen LogP contribution is 2.23. The number of aliphatic hydroxyl groups is 1. The minimum absolute atomic E-state index is 0.000680. The first-order chi connectivity index (χ1) is 8.27. The van der Waals surface area contributed by atoms with Gasteiger partial charge in [-0.05, 0) is 31.0 Å². The van der Waals surface area contributed by atoms with Crippen molar-refractivity contribution in [2.75, 3.05) is 12.3 Å². The van der Waals surface area contributed by atoms with Gasteiger partial charge in [-0.15, -0.1) is 0 Å². The van der Waals surface area contributed by atoms with Gasteiger partial charge in [0.15, 0.2) is 0 Å². The third-order valence-electron chi connectivity index (χ3n) is 2.79. The summed E-state index contributed by atoms with van der Waals surface area (Å²) in [6.07, 6.45) is 0. The van der Waals surface area contributed by atoms with Crippen LogP contribution in [0.4, 0.5) is 5.69 Å². The molecule has 7 heteroatoms. The number of benzene rings is 1. The van der Waals surface area contributed by atoms with Crippen LogP contribution in [0.5, 0.6) is 5.75 Å². The Balaban J connectivity index is 2.96. The van der Waals surface area contributed by atoms with Crippen LogP contribution in [0.25, 0.3) is 0 Å². The first-order valence-electron chi connectivity index (χ1n) is 5.49. The second kappa shape index (κ2) is 5.55. The lowest BCUT2D eigenvalue weighted by atomic mass is 10.1. The van der Waals surface area contributed by atoms with Crippen LogP contribution in [0.15, 0.2) is 23.1 Å². The first-order valence-corrected chi connectivity index (χ1v) is 6.98. The standard InChI is InChI=1S/C11H18N2O4S/c1-7(6-14)8(2)13-18(16,17)9-3-4-11(15)10(12)5-9/h3-5,7-8,13-15H,6,12H2,1-2H3. The number of aromatic hydroxyl groups is 1. The fourth-order valence-corrected chi connectivity index (χ4v) is 2.67. The van der Waals surface area contributed by atoms with Crippen LogP contribution >= 0.6 is 0 Å². The molecular formula is C11H18N2O4S. The van der Waals surface area contributed by atoms with E-state index in [1.165, 1.54) is 18.2 Å². The maximum absolute atomic E-state index is 12.0. The fraction of sp³-hybridized carbons (Fsp3) is 0.455. The van der Waals surface area contributed by atoms with Crippen molar-refractivity contribution in [3.63, 3.8) is 0 Å². The Morgan fingerprint density at radius 3 is 2.50 bits per heavy atom. The molecular weight excluding hydrogens is 256 g/mol. The van der Waals surface area contributed by atoms with Crippen molar-refractivity contribution in [1.29, 1.82) is 0 Å². The number of aliphatic hydroxyl groups excluding tert-OH is 1. The summed E-state index contributed by atoms with van der Waals surface area (Å²) >= 11 is 0. The lowest BCUT2D eigenvalue weighted by Crippen LogP contribution is -2.38. The molecule has 1 aromatic carbocycles. The smallest absolute Gasteiger partial charge is 0.240 e. The fourth-order valence-electron chi connectivity index (χ4n) is 1.29. The van der Waals surface area contributed by atoms with Gasteiger partial charge in [0.25, 0.3) is 0 Å². The first kappa shape index (κ1) is 14.7. The minimum Gasteiger partial charge on any atom is -0.506 e. The third-order valence-corrected chi connectivity index (χ3v) is 4.35. The summed E-state index contributed by atoms with van der Waals surface area (Å²) in [7, 11) is -3.71. The zero-order valence-electron chi connectivity index (χ0n) is 10.3. The molecule has 0 spiro atoms. The highest BCUT2D eigenvalue weighted by molar-refractivity contribution is 7.89. The third kappa shape index (κ3) is 3.34. The molecule has 0 aromatic heterocycles. The van der Waals surface area contributed by atoms with E-state index in [1.54, 1.807) is 13.8 Å². The largest absolute Gasteiger partial charge is 0.506 e. The molecule has 2 unspecified atom stereocenters. The summed E-state index contributed by atoms with van der Waals surface area (Å²) in [6, 6.07) is 3.28. The van der Waals surface area contributed by atoms with Gasteiger partial charge in [0, 0.05) is 12.6 Å². The number of hydrogen-bond donors (Lipinski definition) is 4. The van der Waals surface area contributed by atoms with Gasteiger partial charge in [0.1, 0.15) is 5.75 Å². The summed E-state index contributed by atoms with van der Waals surface area (Å²) in [4.78, 5) is -0.0187. The number of hydrogen-bond acceptors (Lipinski definition) is 5. The summed E-state index contributed by atoms with van der Waals surface area (Å²) in [5.41, 5.74) is 5.45. The van der Waals surface area contributed by atoms with Gasteiger partial charge >= 0.3 is 0 Å². The molecule has 0 amide bonds. The SMILES string of the molecule is CC(CO)C(C)NS(=O)(=O)c1ccc(O)c(N)c1. The monoisotopic (exact) mass is 274 g/mol. The molecule has 2 atom stereocenters.